The molecule has 2 atom stereocenters. The molecule has 0 heterocycles. The first-order chi connectivity index (χ1) is 7.29. The SMILES string of the molecule is O=C(O)C1CCCCC1c1ccccc1. The quantitative estimate of drug-likeness (QED) is 0.804. The van der Waals surface area contributed by atoms with Crippen molar-refractivity contribution in [2.45, 2.75) is 31.6 Å². The van der Waals surface area contributed by atoms with Gasteiger partial charge in [-0.2, -0.15) is 0 Å². The molecule has 0 aromatic heterocycles. The molecule has 2 unspecified atom stereocenters. The monoisotopic (exact) mass is 204 g/mol. The van der Waals surface area contributed by atoms with Crippen molar-refractivity contribution in [2.75, 3.05) is 0 Å². The highest BCUT2D eigenvalue weighted by Crippen LogP contribution is 2.37. The second-order valence-electron chi connectivity index (χ2n) is 4.25. The highest BCUT2D eigenvalue weighted by Gasteiger charge is 2.31. The van der Waals surface area contributed by atoms with Crippen LogP contribution in [-0.4, -0.2) is 11.1 Å². The molecule has 80 valence electrons. The Bertz CT molecular complexity index is 332. The van der Waals surface area contributed by atoms with E-state index in [2.05, 4.69) is 0 Å². The number of carboxylic acid groups (broad SMARTS) is 1. The van der Waals surface area contributed by atoms with Crippen LogP contribution >= 0.6 is 0 Å². The fourth-order valence-corrected chi connectivity index (χ4v) is 2.53. The molecular weight excluding hydrogens is 188 g/mol. The summed E-state index contributed by atoms with van der Waals surface area (Å²) in [5.74, 6) is -0.595. The fourth-order valence-electron chi connectivity index (χ4n) is 2.53. The van der Waals surface area contributed by atoms with E-state index in [0.29, 0.717) is 0 Å². The van der Waals surface area contributed by atoms with Crippen LogP contribution < -0.4 is 0 Å². The van der Waals surface area contributed by atoms with Crippen LogP contribution in [0.5, 0.6) is 0 Å². The number of benzene rings is 1. The minimum atomic E-state index is -0.636. The Morgan fingerprint density at radius 3 is 2.47 bits per heavy atom. The van der Waals surface area contributed by atoms with E-state index in [-0.39, 0.29) is 11.8 Å². The highest BCUT2D eigenvalue weighted by atomic mass is 16.4. The molecule has 0 bridgehead atoms. The minimum absolute atomic E-state index is 0.179. The molecule has 2 rings (SSSR count). The molecule has 0 aliphatic heterocycles. The molecule has 1 aliphatic carbocycles. The first-order valence-corrected chi connectivity index (χ1v) is 5.57. The van der Waals surface area contributed by atoms with E-state index in [0.717, 1.165) is 25.7 Å². The summed E-state index contributed by atoms with van der Waals surface area (Å²) in [7, 11) is 0. The Kier molecular flexibility index (Phi) is 3.05. The molecule has 0 saturated heterocycles. The van der Waals surface area contributed by atoms with Gasteiger partial charge in [0, 0.05) is 0 Å². The number of rotatable bonds is 2. The molecule has 1 fully saturated rings. The van der Waals surface area contributed by atoms with Gasteiger partial charge in [-0.3, -0.25) is 4.79 Å². The highest BCUT2D eigenvalue weighted by molar-refractivity contribution is 5.71. The standard InChI is InChI=1S/C13H16O2/c14-13(15)12-9-5-4-8-11(12)10-6-2-1-3-7-10/h1-3,6-7,11-12H,4-5,8-9H2,(H,14,15). The van der Waals surface area contributed by atoms with Gasteiger partial charge in [0.15, 0.2) is 0 Å². The molecule has 0 spiro atoms. The van der Waals surface area contributed by atoms with Gasteiger partial charge in [-0.15, -0.1) is 0 Å². The summed E-state index contributed by atoms with van der Waals surface area (Å²) in [5, 5.41) is 9.17. The van der Waals surface area contributed by atoms with Crippen molar-refractivity contribution in [3.8, 4) is 0 Å². The molecule has 1 aromatic rings. The number of carboxylic acids is 1. The summed E-state index contributed by atoms with van der Waals surface area (Å²) >= 11 is 0. The number of carbonyl (C=O) groups is 1. The second-order valence-corrected chi connectivity index (χ2v) is 4.25. The third kappa shape index (κ3) is 2.20. The van der Waals surface area contributed by atoms with E-state index in [9.17, 15) is 4.79 Å². The Labute approximate surface area is 89.9 Å². The first-order valence-electron chi connectivity index (χ1n) is 5.57. The third-order valence-corrected chi connectivity index (χ3v) is 3.31. The van der Waals surface area contributed by atoms with Crippen LogP contribution in [-0.2, 0) is 4.79 Å². The molecule has 1 aromatic carbocycles. The van der Waals surface area contributed by atoms with E-state index < -0.39 is 5.97 Å². The molecule has 1 aliphatic rings. The van der Waals surface area contributed by atoms with Crippen LogP contribution in [0.2, 0.25) is 0 Å². The van der Waals surface area contributed by atoms with Crippen molar-refractivity contribution in [1.82, 2.24) is 0 Å². The minimum Gasteiger partial charge on any atom is -0.481 e. The number of hydrogen-bond donors (Lipinski definition) is 1. The van der Waals surface area contributed by atoms with Crippen molar-refractivity contribution >= 4 is 5.97 Å². The van der Waals surface area contributed by atoms with E-state index in [1.165, 1.54) is 5.56 Å². The molecule has 0 radical (unpaired) electrons. The largest absolute Gasteiger partial charge is 0.481 e. The molecule has 0 amide bonds. The third-order valence-electron chi connectivity index (χ3n) is 3.31. The van der Waals surface area contributed by atoms with Gasteiger partial charge in [-0.1, -0.05) is 43.2 Å². The van der Waals surface area contributed by atoms with Crippen LogP contribution in [0.4, 0.5) is 0 Å². The van der Waals surface area contributed by atoms with Crippen molar-refractivity contribution in [2.24, 2.45) is 5.92 Å². The van der Waals surface area contributed by atoms with Crippen molar-refractivity contribution in [3.05, 3.63) is 35.9 Å². The smallest absolute Gasteiger partial charge is 0.307 e. The van der Waals surface area contributed by atoms with Crippen LogP contribution in [0.3, 0.4) is 0 Å². The van der Waals surface area contributed by atoms with Gasteiger partial charge < -0.3 is 5.11 Å². The van der Waals surface area contributed by atoms with Crippen molar-refractivity contribution in [3.63, 3.8) is 0 Å². The van der Waals surface area contributed by atoms with E-state index in [1.54, 1.807) is 0 Å². The summed E-state index contributed by atoms with van der Waals surface area (Å²) in [6, 6.07) is 10.0. The summed E-state index contributed by atoms with van der Waals surface area (Å²) in [6.07, 6.45) is 4.06. The molecule has 2 heteroatoms. The normalized spacial score (nSPS) is 26.1. The maximum Gasteiger partial charge on any atom is 0.307 e. The zero-order chi connectivity index (χ0) is 10.7. The molecule has 2 nitrogen and oxygen atoms in total. The van der Waals surface area contributed by atoms with Crippen molar-refractivity contribution < 1.29 is 9.90 Å². The predicted molar refractivity (Wildman–Crippen MR) is 58.8 cm³/mol. The van der Waals surface area contributed by atoms with Crippen LogP contribution in [0.25, 0.3) is 0 Å². The van der Waals surface area contributed by atoms with Gasteiger partial charge in [0.1, 0.15) is 0 Å². The average Bonchev–Trinajstić information content (AvgIpc) is 2.30. The van der Waals surface area contributed by atoms with Gasteiger partial charge in [-0.05, 0) is 24.3 Å². The molecule has 1 saturated carbocycles. The second kappa shape index (κ2) is 4.47. The Morgan fingerprint density at radius 2 is 1.80 bits per heavy atom. The maximum absolute atomic E-state index is 11.1. The topological polar surface area (TPSA) is 37.3 Å². The summed E-state index contributed by atoms with van der Waals surface area (Å²) in [5.41, 5.74) is 1.18. The Hall–Kier alpha value is -1.31. The summed E-state index contributed by atoms with van der Waals surface area (Å²) in [4.78, 5) is 11.1. The zero-order valence-electron chi connectivity index (χ0n) is 8.73. The lowest BCUT2D eigenvalue weighted by atomic mass is 9.75. The van der Waals surface area contributed by atoms with Gasteiger partial charge in [0.2, 0.25) is 0 Å². The molecular formula is C13H16O2. The molecule has 1 N–H and O–H groups in total. The van der Waals surface area contributed by atoms with Crippen LogP contribution in [0.15, 0.2) is 30.3 Å². The number of hydrogen-bond acceptors (Lipinski definition) is 1. The predicted octanol–water partition coefficient (Wildman–Crippen LogP) is 3.05. The lowest BCUT2D eigenvalue weighted by molar-refractivity contribution is -0.143. The van der Waals surface area contributed by atoms with Crippen molar-refractivity contribution in [1.29, 1.82) is 0 Å². The Balaban J connectivity index is 2.22. The Morgan fingerprint density at radius 1 is 1.13 bits per heavy atom. The zero-order valence-corrected chi connectivity index (χ0v) is 8.73. The number of aliphatic carboxylic acids is 1. The average molecular weight is 204 g/mol. The summed E-state index contributed by atoms with van der Waals surface area (Å²) in [6.45, 7) is 0. The van der Waals surface area contributed by atoms with Crippen LogP contribution in [0, 0.1) is 5.92 Å². The molecule has 15 heavy (non-hydrogen) atoms. The lowest BCUT2D eigenvalue weighted by Crippen LogP contribution is -2.25. The van der Waals surface area contributed by atoms with Gasteiger partial charge in [-0.25, -0.2) is 0 Å². The fraction of sp³-hybridized carbons (Fsp3) is 0.462. The van der Waals surface area contributed by atoms with E-state index >= 15 is 0 Å². The van der Waals surface area contributed by atoms with Crippen LogP contribution in [0.1, 0.15) is 37.2 Å². The van der Waals surface area contributed by atoms with Gasteiger partial charge >= 0.3 is 5.97 Å². The van der Waals surface area contributed by atoms with Gasteiger partial charge in [0.25, 0.3) is 0 Å². The lowest BCUT2D eigenvalue weighted by Gasteiger charge is -2.28. The maximum atomic E-state index is 11.1. The first kappa shape index (κ1) is 10.2. The summed E-state index contributed by atoms with van der Waals surface area (Å²) < 4.78 is 0. The van der Waals surface area contributed by atoms with Gasteiger partial charge in [0.05, 0.1) is 5.92 Å². The van der Waals surface area contributed by atoms with E-state index in [1.807, 2.05) is 30.3 Å². The van der Waals surface area contributed by atoms with E-state index in [4.69, 9.17) is 5.11 Å².